The van der Waals surface area contributed by atoms with Gasteiger partial charge in [-0.2, -0.15) is 0 Å². The van der Waals surface area contributed by atoms with Crippen molar-refractivity contribution in [2.24, 2.45) is 0 Å². The molecular formula is C20H24FN3O3. The van der Waals surface area contributed by atoms with E-state index in [2.05, 4.69) is 4.90 Å². The van der Waals surface area contributed by atoms with Crippen LogP contribution in [0.3, 0.4) is 0 Å². The van der Waals surface area contributed by atoms with Gasteiger partial charge in [0, 0.05) is 45.3 Å². The number of hydrogen-bond donors (Lipinski definition) is 1. The van der Waals surface area contributed by atoms with Crippen molar-refractivity contribution in [1.82, 2.24) is 9.80 Å². The molecule has 1 aromatic heterocycles. The number of carbonyl (C=O) groups excluding carboxylic acids is 1. The van der Waals surface area contributed by atoms with Gasteiger partial charge < -0.3 is 19.3 Å². The van der Waals surface area contributed by atoms with E-state index in [1.807, 2.05) is 11.0 Å². The molecule has 144 valence electrons. The highest BCUT2D eigenvalue weighted by molar-refractivity contribution is 5.91. The Morgan fingerprint density at radius 1 is 1.07 bits per heavy atom. The van der Waals surface area contributed by atoms with Gasteiger partial charge in [-0.3, -0.25) is 9.69 Å². The number of hydrogen-bond acceptors (Lipinski definition) is 5. The Balaban J connectivity index is 1.33. The van der Waals surface area contributed by atoms with Gasteiger partial charge in [0.25, 0.3) is 5.91 Å². The zero-order chi connectivity index (χ0) is 18.8. The average molecular weight is 373 g/mol. The fourth-order valence-corrected chi connectivity index (χ4v) is 4.09. The van der Waals surface area contributed by atoms with E-state index >= 15 is 0 Å². The first kappa shape index (κ1) is 18.0. The van der Waals surface area contributed by atoms with Crippen LogP contribution in [-0.2, 0) is 0 Å². The zero-order valence-corrected chi connectivity index (χ0v) is 15.1. The fraction of sp³-hybridized carbons (Fsp3) is 0.450. The van der Waals surface area contributed by atoms with Gasteiger partial charge in [-0.05, 0) is 30.7 Å². The number of aliphatic hydroxyl groups excluding tert-OH is 1. The summed E-state index contributed by atoms with van der Waals surface area (Å²) in [6.07, 6.45) is 1.59. The SMILES string of the molecule is O=C(c1ccco1)N1CC[C@@H](N2CCN(c3ccccc3F)CC2)[C@H](O)C1. The number of β-amino-alcohol motifs (C(OH)–C–C–N with tert-alkyl or cyclic N) is 1. The first-order valence-electron chi connectivity index (χ1n) is 9.38. The summed E-state index contributed by atoms with van der Waals surface area (Å²) in [5.41, 5.74) is 0.636. The second-order valence-electron chi connectivity index (χ2n) is 7.13. The van der Waals surface area contributed by atoms with Gasteiger partial charge in [-0.15, -0.1) is 0 Å². The summed E-state index contributed by atoms with van der Waals surface area (Å²) in [5.74, 6) is -0.0724. The number of anilines is 1. The Hall–Kier alpha value is -2.38. The predicted molar refractivity (Wildman–Crippen MR) is 99.2 cm³/mol. The third-order valence-corrected chi connectivity index (χ3v) is 5.54. The number of likely N-dealkylation sites (tertiary alicyclic amines) is 1. The highest BCUT2D eigenvalue weighted by atomic mass is 19.1. The molecule has 2 saturated heterocycles. The van der Waals surface area contributed by atoms with Gasteiger partial charge >= 0.3 is 0 Å². The minimum Gasteiger partial charge on any atom is -0.459 e. The lowest BCUT2D eigenvalue weighted by Gasteiger charge is -2.45. The molecule has 2 atom stereocenters. The first-order valence-corrected chi connectivity index (χ1v) is 9.38. The van der Waals surface area contributed by atoms with Gasteiger partial charge in [0.1, 0.15) is 5.82 Å². The maximum atomic E-state index is 14.0. The highest BCUT2D eigenvalue weighted by Gasteiger charge is 2.36. The molecular weight excluding hydrogens is 349 g/mol. The molecule has 1 N–H and O–H groups in total. The lowest BCUT2D eigenvalue weighted by atomic mass is 9.99. The quantitative estimate of drug-likeness (QED) is 0.889. The molecule has 7 heteroatoms. The lowest BCUT2D eigenvalue weighted by Crippen LogP contribution is -2.59. The third-order valence-electron chi connectivity index (χ3n) is 5.54. The van der Waals surface area contributed by atoms with Crippen molar-refractivity contribution in [2.75, 3.05) is 44.2 Å². The second-order valence-corrected chi connectivity index (χ2v) is 7.13. The molecule has 0 unspecified atom stereocenters. The molecule has 4 rings (SSSR count). The monoisotopic (exact) mass is 373 g/mol. The summed E-state index contributed by atoms with van der Waals surface area (Å²) in [4.78, 5) is 18.3. The molecule has 0 bridgehead atoms. The number of carbonyl (C=O) groups is 1. The highest BCUT2D eigenvalue weighted by Crippen LogP contribution is 2.24. The van der Waals surface area contributed by atoms with E-state index in [9.17, 15) is 14.3 Å². The van der Waals surface area contributed by atoms with Crippen LogP contribution in [0.2, 0.25) is 0 Å². The fourth-order valence-electron chi connectivity index (χ4n) is 4.09. The minimum atomic E-state index is -0.599. The van der Waals surface area contributed by atoms with Crippen molar-refractivity contribution in [3.8, 4) is 0 Å². The van der Waals surface area contributed by atoms with Crippen LogP contribution in [0.1, 0.15) is 17.0 Å². The molecule has 2 fully saturated rings. The van der Waals surface area contributed by atoms with E-state index in [-0.39, 0.29) is 17.8 Å². The number of amides is 1. The predicted octanol–water partition coefficient (Wildman–Crippen LogP) is 1.82. The topological polar surface area (TPSA) is 60.2 Å². The lowest BCUT2D eigenvalue weighted by molar-refractivity contribution is -0.0115. The molecule has 3 heterocycles. The zero-order valence-electron chi connectivity index (χ0n) is 15.1. The standard InChI is InChI=1S/C20H24FN3O3/c21-15-4-1-2-5-16(15)22-9-11-23(12-10-22)17-7-8-24(14-18(17)25)20(26)19-6-3-13-27-19/h1-6,13,17-18,25H,7-12,14H2/t17-,18-/m1/s1. The largest absolute Gasteiger partial charge is 0.459 e. The Labute approximate surface area is 157 Å². The number of para-hydroxylation sites is 1. The molecule has 2 aliphatic rings. The van der Waals surface area contributed by atoms with Gasteiger partial charge in [0.05, 0.1) is 18.1 Å². The number of halogens is 1. The van der Waals surface area contributed by atoms with Crippen LogP contribution in [0.25, 0.3) is 0 Å². The van der Waals surface area contributed by atoms with Gasteiger partial charge in [0.2, 0.25) is 0 Å². The van der Waals surface area contributed by atoms with Gasteiger partial charge in [-0.25, -0.2) is 4.39 Å². The summed E-state index contributed by atoms with van der Waals surface area (Å²) >= 11 is 0. The normalized spacial score (nSPS) is 24.2. The van der Waals surface area contributed by atoms with Crippen molar-refractivity contribution in [2.45, 2.75) is 18.6 Å². The number of aliphatic hydroxyl groups is 1. The third kappa shape index (κ3) is 3.70. The van der Waals surface area contributed by atoms with Crippen LogP contribution in [0.5, 0.6) is 0 Å². The van der Waals surface area contributed by atoms with Crippen molar-refractivity contribution in [1.29, 1.82) is 0 Å². The van der Waals surface area contributed by atoms with Crippen LogP contribution >= 0.6 is 0 Å². The minimum absolute atomic E-state index is 0.0217. The van der Waals surface area contributed by atoms with E-state index in [1.54, 1.807) is 29.2 Å². The maximum absolute atomic E-state index is 14.0. The van der Waals surface area contributed by atoms with Crippen molar-refractivity contribution >= 4 is 11.6 Å². The summed E-state index contributed by atoms with van der Waals surface area (Å²) in [6.45, 7) is 3.87. The van der Waals surface area contributed by atoms with Crippen LogP contribution < -0.4 is 4.90 Å². The van der Waals surface area contributed by atoms with Crippen molar-refractivity contribution < 1.29 is 18.7 Å². The molecule has 2 aromatic rings. The maximum Gasteiger partial charge on any atom is 0.289 e. The smallest absolute Gasteiger partial charge is 0.289 e. The number of rotatable bonds is 3. The van der Waals surface area contributed by atoms with Crippen LogP contribution in [-0.4, -0.2) is 72.2 Å². The summed E-state index contributed by atoms with van der Waals surface area (Å²) < 4.78 is 19.2. The number of furan rings is 1. The molecule has 1 aromatic carbocycles. The van der Waals surface area contributed by atoms with Gasteiger partial charge in [0.15, 0.2) is 5.76 Å². The molecule has 0 saturated carbocycles. The number of piperazine rings is 1. The molecule has 27 heavy (non-hydrogen) atoms. The van der Waals surface area contributed by atoms with Crippen molar-refractivity contribution in [3.63, 3.8) is 0 Å². The molecule has 1 amide bonds. The second kappa shape index (κ2) is 7.70. The average Bonchev–Trinajstić information content (AvgIpc) is 3.23. The Bertz CT molecular complexity index is 775. The number of benzene rings is 1. The summed E-state index contributed by atoms with van der Waals surface area (Å²) in [6, 6.07) is 10.2. The van der Waals surface area contributed by atoms with E-state index < -0.39 is 6.10 Å². The van der Waals surface area contributed by atoms with E-state index in [0.29, 0.717) is 31.0 Å². The Kier molecular flexibility index (Phi) is 5.13. The molecule has 0 spiro atoms. The van der Waals surface area contributed by atoms with Gasteiger partial charge in [-0.1, -0.05) is 12.1 Å². The summed E-state index contributed by atoms with van der Waals surface area (Å²) in [7, 11) is 0. The number of nitrogens with zero attached hydrogens (tertiary/aromatic N) is 3. The van der Waals surface area contributed by atoms with E-state index in [4.69, 9.17) is 4.42 Å². The van der Waals surface area contributed by atoms with Crippen LogP contribution in [0, 0.1) is 5.82 Å². The van der Waals surface area contributed by atoms with Crippen molar-refractivity contribution in [3.05, 3.63) is 54.2 Å². The summed E-state index contributed by atoms with van der Waals surface area (Å²) in [5, 5.41) is 10.6. The van der Waals surface area contributed by atoms with E-state index in [1.165, 1.54) is 12.3 Å². The first-order chi connectivity index (χ1) is 13.1. The van der Waals surface area contributed by atoms with Crippen LogP contribution in [0.15, 0.2) is 47.1 Å². The molecule has 0 radical (unpaired) electrons. The Morgan fingerprint density at radius 3 is 2.52 bits per heavy atom. The van der Waals surface area contributed by atoms with Crippen LogP contribution in [0.4, 0.5) is 10.1 Å². The Morgan fingerprint density at radius 2 is 1.85 bits per heavy atom. The molecule has 2 aliphatic heterocycles. The molecule has 0 aliphatic carbocycles. The molecule has 6 nitrogen and oxygen atoms in total. The van der Waals surface area contributed by atoms with E-state index in [0.717, 1.165) is 26.2 Å². The number of piperidine rings is 1.